The van der Waals surface area contributed by atoms with E-state index in [-0.39, 0.29) is 21.7 Å². The first kappa shape index (κ1) is 23.6. The summed E-state index contributed by atoms with van der Waals surface area (Å²) in [5.41, 5.74) is 0.807. The number of fused-ring (bicyclic) bond motifs is 3. The number of alkyl halides is 3. The summed E-state index contributed by atoms with van der Waals surface area (Å²) < 4.78 is 70.2. The van der Waals surface area contributed by atoms with Crippen molar-refractivity contribution in [2.75, 3.05) is 4.72 Å². The maximum absolute atomic E-state index is 13.3. The van der Waals surface area contributed by atoms with Gasteiger partial charge in [-0.05, 0) is 61.5 Å². The zero-order valence-electron chi connectivity index (χ0n) is 19.0. The second-order valence-electron chi connectivity index (χ2n) is 8.40. The molecule has 0 saturated carbocycles. The lowest BCUT2D eigenvalue weighted by Crippen LogP contribution is -2.19. The van der Waals surface area contributed by atoms with Crippen LogP contribution in [0.1, 0.15) is 11.1 Å². The van der Waals surface area contributed by atoms with Gasteiger partial charge in [-0.25, -0.2) is 8.42 Å². The monoisotopic (exact) mass is 512 g/mol. The van der Waals surface area contributed by atoms with Gasteiger partial charge in [-0.15, -0.1) is 0 Å². The summed E-state index contributed by atoms with van der Waals surface area (Å²) in [6.07, 6.45) is -3.00. The first-order chi connectivity index (χ1) is 16.9. The highest BCUT2D eigenvalue weighted by molar-refractivity contribution is 7.92. The number of halogens is 3. The number of aryl methyl sites for hydroxylation is 2. The lowest BCUT2D eigenvalue weighted by molar-refractivity contribution is -0.137. The molecule has 0 radical (unpaired) electrons. The molecule has 1 N–H and O–H groups in total. The van der Waals surface area contributed by atoms with E-state index in [1.54, 1.807) is 25.2 Å². The number of hydrogen-bond acceptors (Lipinski definition) is 4. The van der Waals surface area contributed by atoms with Gasteiger partial charge < -0.3 is 0 Å². The predicted octanol–water partition coefficient (Wildman–Crippen LogP) is 5.01. The summed E-state index contributed by atoms with van der Waals surface area (Å²) in [7, 11) is -2.25. The third-order valence-corrected chi connectivity index (χ3v) is 7.19. The van der Waals surface area contributed by atoms with Gasteiger partial charge >= 0.3 is 6.18 Å². The molecule has 0 unspecified atom stereocenters. The summed E-state index contributed by atoms with van der Waals surface area (Å²) in [5, 5.41) is 5.06. The Hall–Kier alpha value is -4.12. The van der Waals surface area contributed by atoms with Gasteiger partial charge in [-0.3, -0.25) is 18.8 Å². The van der Waals surface area contributed by atoms with Gasteiger partial charge in [-0.1, -0.05) is 17.7 Å². The van der Waals surface area contributed by atoms with Crippen molar-refractivity contribution in [1.82, 2.24) is 14.3 Å². The lowest BCUT2D eigenvalue weighted by atomic mass is 10.1. The van der Waals surface area contributed by atoms with E-state index in [2.05, 4.69) is 9.82 Å². The van der Waals surface area contributed by atoms with E-state index in [0.29, 0.717) is 16.4 Å². The summed E-state index contributed by atoms with van der Waals surface area (Å²) in [6, 6.07) is 15.2. The molecule has 11 heteroatoms. The summed E-state index contributed by atoms with van der Waals surface area (Å²) in [6.45, 7) is 1.85. The Morgan fingerprint density at radius 1 is 0.917 bits per heavy atom. The molecule has 184 valence electrons. The number of anilines is 1. The minimum absolute atomic E-state index is 0.0888. The van der Waals surface area contributed by atoms with Crippen molar-refractivity contribution in [2.24, 2.45) is 7.05 Å². The van der Waals surface area contributed by atoms with Gasteiger partial charge in [0.05, 0.1) is 21.4 Å². The van der Waals surface area contributed by atoms with E-state index in [1.165, 1.54) is 51.8 Å². The minimum Gasteiger partial charge on any atom is -0.280 e. The van der Waals surface area contributed by atoms with Crippen molar-refractivity contribution < 1.29 is 21.6 Å². The average Bonchev–Trinajstić information content (AvgIpc) is 3.21. The van der Waals surface area contributed by atoms with Crippen molar-refractivity contribution >= 4 is 37.5 Å². The maximum Gasteiger partial charge on any atom is 0.416 e. The van der Waals surface area contributed by atoms with Gasteiger partial charge in [0.1, 0.15) is 5.52 Å². The van der Waals surface area contributed by atoms with Crippen LogP contribution in [0, 0.1) is 6.92 Å². The molecule has 7 nitrogen and oxygen atoms in total. The number of sulfonamides is 1. The zero-order valence-corrected chi connectivity index (χ0v) is 19.9. The number of benzene rings is 3. The van der Waals surface area contributed by atoms with Crippen LogP contribution < -0.4 is 10.3 Å². The SMILES string of the molecule is Cc1ccc(S(=O)(=O)Nc2ccc3c(c2)c2nn(C)cc2c(=O)n3-c2ccc(C(F)(F)F)cc2)cc1. The fourth-order valence-electron chi connectivity index (χ4n) is 4.05. The lowest BCUT2D eigenvalue weighted by Gasteiger charge is -2.14. The first-order valence-corrected chi connectivity index (χ1v) is 12.2. The van der Waals surface area contributed by atoms with Crippen molar-refractivity contribution in [1.29, 1.82) is 0 Å². The second-order valence-corrected chi connectivity index (χ2v) is 10.1. The predicted molar refractivity (Wildman–Crippen MR) is 131 cm³/mol. The Morgan fingerprint density at radius 3 is 2.22 bits per heavy atom. The van der Waals surface area contributed by atoms with Gasteiger partial charge in [0, 0.05) is 30.0 Å². The molecule has 0 bridgehead atoms. The first-order valence-electron chi connectivity index (χ1n) is 10.7. The third kappa shape index (κ3) is 4.11. The normalized spacial score (nSPS) is 12.4. The Morgan fingerprint density at radius 2 is 1.58 bits per heavy atom. The Labute approximate surface area is 203 Å². The molecule has 2 aromatic heterocycles. The Kier molecular flexibility index (Phi) is 5.40. The van der Waals surface area contributed by atoms with Crippen LogP contribution in [-0.2, 0) is 23.2 Å². The zero-order chi connectivity index (χ0) is 25.8. The molecule has 0 amide bonds. The van der Waals surface area contributed by atoms with E-state index in [1.807, 2.05) is 6.92 Å². The van der Waals surface area contributed by atoms with Crippen LogP contribution in [-0.4, -0.2) is 22.8 Å². The highest BCUT2D eigenvalue weighted by Crippen LogP contribution is 2.31. The van der Waals surface area contributed by atoms with Crippen LogP contribution in [0.3, 0.4) is 0 Å². The molecular formula is C25H19F3N4O3S. The molecule has 36 heavy (non-hydrogen) atoms. The van der Waals surface area contributed by atoms with Crippen molar-refractivity contribution in [3.05, 3.63) is 94.4 Å². The molecular weight excluding hydrogens is 493 g/mol. The van der Waals surface area contributed by atoms with E-state index in [4.69, 9.17) is 0 Å². The summed E-state index contributed by atoms with van der Waals surface area (Å²) in [5.74, 6) is 0. The average molecular weight is 513 g/mol. The maximum atomic E-state index is 13.3. The quantitative estimate of drug-likeness (QED) is 0.367. The van der Waals surface area contributed by atoms with Gasteiger partial charge in [0.25, 0.3) is 15.6 Å². The molecule has 5 rings (SSSR count). The van der Waals surface area contributed by atoms with Gasteiger partial charge in [0.15, 0.2) is 0 Å². The van der Waals surface area contributed by atoms with Gasteiger partial charge in [0.2, 0.25) is 0 Å². The summed E-state index contributed by atoms with van der Waals surface area (Å²) >= 11 is 0. The highest BCUT2D eigenvalue weighted by atomic mass is 32.2. The fourth-order valence-corrected chi connectivity index (χ4v) is 5.09. The van der Waals surface area contributed by atoms with E-state index in [9.17, 15) is 26.4 Å². The van der Waals surface area contributed by atoms with Crippen molar-refractivity contribution in [3.8, 4) is 5.69 Å². The number of hydrogen-bond donors (Lipinski definition) is 1. The molecule has 0 saturated heterocycles. The fraction of sp³-hybridized carbons (Fsp3) is 0.120. The highest BCUT2D eigenvalue weighted by Gasteiger charge is 2.30. The molecule has 0 spiro atoms. The molecule has 0 aliphatic rings. The molecule has 5 aromatic rings. The Balaban J connectivity index is 1.68. The number of rotatable bonds is 4. The molecule has 0 atom stereocenters. The van der Waals surface area contributed by atoms with Gasteiger partial charge in [-0.2, -0.15) is 18.3 Å². The number of pyridine rings is 1. The van der Waals surface area contributed by atoms with Crippen LogP contribution in [0.4, 0.5) is 18.9 Å². The molecule has 0 fully saturated rings. The van der Waals surface area contributed by atoms with Crippen LogP contribution in [0.15, 0.2) is 82.6 Å². The molecule has 3 aromatic carbocycles. The van der Waals surface area contributed by atoms with Crippen LogP contribution in [0.2, 0.25) is 0 Å². The van der Waals surface area contributed by atoms with Crippen molar-refractivity contribution in [3.63, 3.8) is 0 Å². The number of aromatic nitrogens is 3. The molecule has 0 aliphatic carbocycles. The van der Waals surface area contributed by atoms with Crippen LogP contribution in [0.5, 0.6) is 0 Å². The van der Waals surface area contributed by atoms with Crippen LogP contribution in [0.25, 0.3) is 27.5 Å². The number of nitrogens with zero attached hydrogens (tertiary/aromatic N) is 3. The molecule has 2 heterocycles. The Bertz CT molecular complexity index is 1790. The van der Waals surface area contributed by atoms with E-state index in [0.717, 1.165) is 17.7 Å². The third-order valence-electron chi connectivity index (χ3n) is 5.79. The van der Waals surface area contributed by atoms with Crippen molar-refractivity contribution in [2.45, 2.75) is 18.0 Å². The van der Waals surface area contributed by atoms with E-state index >= 15 is 0 Å². The van der Waals surface area contributed by atoms with E-state index < -0.39 is 27.3 Å². The second kappa shape index (κ2) is 8.23. The van der Waals surface area contributed by atoms with Crippen LogP contribution >= 0.6 is 0 Å². The number of nitrogens with one attached hydrogen (secondary N) is 1. The molecule has 0 aliphatic heterocycles. The minimum atomic E-state index is -4.51. The largest absolute Gasteiger partial charge is 0.416 e. The summed E-state index contributed by atoms with van der Waals surface area (Å²) in [4.78, 5) is 13.4. The topological polar surface area (TPSA) is 86.0 Å². The smallest absolute Gasteiger partial charge is 0.280 e. The standard InChI is InChI=1S/C25H19F3N4O3S/c1-15-3-10-19(11-4-15)36(34,35)30-17-7-12-22-20(13-17)23-21(14-31(2)29-23)24(33)32(22)18-8-5-16(6-9-18)25(26,27)28/h3-14,30H,1-2H3.